The van der Waals surface area contributed by atoms with Crippen molar-refractivity contribution in [1.82, 2.24) is 4.72 Å². The molecule has 1 aliphatic carbocycles. The first kappa shape index (κ1) is 16.3. The molecule has 0 aliphatic heterocycles. The van der Waals surface area contributed by atoms with E-state index in [-0.39, 0.29) is 17.7 Å². The average molecular weight is 319 g/mol. The van der Waals surface area contributed by atoms with Gasteiger partial charge < -0.3 is 5.11 Å². The second-order valence-electron chi connectivity index (χ2n) is 5.46. The monoisotopic (exact) mass is 319 g/mol. The molecule has 118 valence electrons. The summed E-state index contributed by atoms with van der Waals surface area (Å²) in [5.41, 5.74) is -1.51. The molecule has 2 rings (SSSR count). The summed E-state index contributed by atoms with van der Waals surface area (Å²) in [5.74, 6) is -1.63. The molecule has 7 heteroatoms. The highest BCUT2D eigenvalue weighted by Gasteiger charge is 2.44. The van der Waals surface area contributed by atoms with Gasteiger partial charge in [-0.3, -0.25) is 0 Å². The van der Waals surface area contributed by atoms with E-state index in [4.69, 9.17) is 0 Å². The van der Waals surface area contributed by atoms with Gasteiger partial charge in [-0.2, -0.15) is 0 Å². The summed E-state index contributed by atoms with van der Waals surface area (Å²) in [6.07, 6.45) is 1.72. The minimum atomic E-state index is -3.51. The molecule has 0 aromatic heterocycles. The molecule has 2 atom stereocenters. The first-order valence-corrected chi connectivity index (χ1v) is 8.61. The lowest BCUT2D eigenvalue weighted by atomic mass is 9.89. The highest BCUT2D eigenvalue weighted by molar-refractivity contribution is 7.89. The molecule has 0 amide bonds. The standard InChI is InChI=1S/C14H19F2NO3S/c1-2-6-21(19,20)17-13-4-3-5-14(13,18)10-7-11(15)9-12(16)8-10/h7-9,13,17-18H,2-6H2,1H3. The van der Waals surface area contributed by atoms with Crippen LogP contribution in [0.3, 0.4) is 0 Å². The highest BCUT2D eigenvalue weighted by Crippen LogP contribution is 2.39. The molecule has 1 aromatic rings. The third-order valence-electron chi connectivity index (χ3n) is 3.78. The van der Waals surface area contributed by atoms with Crippen molar-refractivity contribution in [3.8, 4) is 0 Å². The van der Waals surface area contributed by atoms with Crippen LogP contribution >= 0.6 is 0 Å². The van der Waals surface area contributed by atoms with E-state index in [0.717, 1.165) is 18.2 Å². The van der Waals surface area contributed by atoms with Gasteiger partial charge >= 0.3 is 0 Å². The van der Waals surface area contributed by atoms with Crippen LogP contribution in [0.25, 0.3) is 0 Å². The first-order valence-electron chi connectivity index (χ1n) is 6.96. The molecule has 1 fully saturated rings. The summed E-state index contributed by atoms with van der Waals surface area (Å²) in [7, 11) is -3.51. The van der Waals surface area contributed by atoms with Crippen LogP contribution in [-0.2, 0) is 15.6 Å². The second-order valence-corrected chi connectivity index (χ2v) is 7.34. The van der Waals surface area contributed by atoms with Crippen molar-refractivity contribution in [3.05, 3.63) is 35.4 Å². The lowest BCUT2D eigenvalue weighted by Gasteiger charge is -2.31. The van der Waals surface area contributed by atoms with Crippen molar-refractivity contribution in [1.29, 1.82) is 0 Å². The fourth-order valence-corrected chi connectivity index (χ4v) is 4.24. The zero-order valence-corrected chi connectivity index (χ0v) is 12.6. The Morgan fingerprint density at radius 1 is 1.33 bits per heavy atom. The SMILES string of the molecule is CCCS(=O)(=O)NC1CCCC1(O)c1cc(F)cc(F)c1. The summed E-state index contributed by atoms with van der Waals surface area (Å²) >= 11 is 0. The van der Waals surface area contributed by atoms with E-state index < -0.39 is 33.3 Å². The maximum Gasteiger partial charge on any atom is 0.211 e. The summed E-state index contributed by atoms with van der Waals surface area (Å²) in [5, 5.41) is 10.7. The van der Waals surface area contributed by atoms with Gasteiger partial charge in [-0.25, -0.2) is 21.9 Å². The van der Waals surface area contributed by atoms with Crippen LogP contribution in [0.4, 0.5) is 8.78 Å². The predicted molar refractivity (Wildman–Crippen MR) is 75.1 cm³/mol. The minimum Gasteiger partial charge on any atom is -0.383 e. The number of hydrogen-bond acceptors (Lipinski definition) is 3. The molecule has 0 bridgehead atoms. The van der Waals surface area contributed by atoms with Crippen LogP contribution < -0.4 is 4.72 Å². The number of aliphatic hydroxyl groups is 1. The van der Waals surface area contributed by atoms with E-state index in [1.165, 1.54) is 0 Å². The quantitative estimate of drug-likeness (QED) is 0.873. The van der Waals surface area contributed by atoms with E-state index >= 15 is 0 Å². The Hall–Kier alpha value is -1.05. The summed E-state index contributed by atoms with van der Waals surface area (Å²) in [6.45, 7) is 1.74. The Kier molecular flexibility index (Phi) is 4.65. The number of hydrogen-bond donors (Lipinski definition) is 2. The number of halogens is 2. The third-order valence-corrected chi connectivity index (χ3v) is 5.37. The first-order chi connectivity index (χ1) is 9.77. The van der Waals surface area contributed by atoms with Gasteiger partial charge in [0.05, 0.1) is 11.8 Å². The number of sulfonamides is 1. The zero-order valence-electron chi connectivity index (χ0n) is 11.8. The van der Waals surface area contributed by atoms with Gasteiger partial charge in [-0.05, 0) is 43.4 Å². The maximum atomic E-state index is 13.3. The molecule has 0 heterocycles. The fraction of sp³-hybridized carbons (Fsp3) is 0.571. The number of nitrogens with one attached hydrogen (secondary N) is 1. The summed E-state index contributed by atoms with van der Waals surface area (Å²) in [6, 6.07) is 2.05. The Morgan fingerprint density at radius 2 is 1.95 bits per heavy atom. The summed E-state index contributed by atoms with van der Waals surface area (Å²) in [4.78, 5) is 0. The topological polar surface area (TPSA) is 66.4 Å². The largest absolute Gasteiger partial charge is 0.383 e. The van der Waals surface area contributed by atoms with Crippen molar-refractivity contribution >= 4 is 10.0 Å². The lowest BCUT2D eigenvalue weighted by molar-refractivity contribution is 0.0225. The molecule has 0 spiro atoms. The van der Waals surface area contributed by atoms with E-state index in [0.29, 0.717) is 19.3 Å². The van der Waals surface area contributed by atoms with Crippen molar-refractivity contribution in [3.63, 3.8) is 0 Å². The minimum absolute atomic E-state index is 0.0446. The predicted octanol–water partition coefficient (Wildman–Crippen LogP) is 2.03. The smallest absolute Gasteiger partial charge is 0.211 e. The Bertz CT molecular complexity index is 600. The second kappa shape index (κ2) is 5.98. The van der Waals surface area contributed by atoms with Crippen molar-refractivity contribution < 1.29 is 22.3 Å². The van der Waals surface area contributed by atoms with E-state index in [1.807, 2.05) is 0 Å². The molecule has 1 aromatic carbocycles. The molecule has 21 heavy (non-hydrogen) atoms. The maximum absolute atomic E-state index is 13.3. The van der Waals surface area contributed by atoms with Crippen LogP contribution in [0.15, 0.2) is 18.2 Å². The molecular formula is C14H19F2NO3S. The average Bonchev–Trinajstić information content (AvgIpc) is 2.70. The van der Waals surface area contributed by atoms with Crippen molar-refractivity contribution in [2.75, 3.05) is 5.75 Å². The molecule has 1 aliphatic rings. The van der Waals surface area contributed by atoms with Crippen molar-refractivity contribution in [2.45, 2.75) is 44.2 Å². The Morgan fingerprint density at radius 3 is 2.52 bits per heavy atom. The van der Waals surface area contributed by atoms with Crippen LogP contribution in [0.5, 0.6) is 0 Å². The molecular weight excluding hydrogens is 300 g/mol. The van der Waals surface area contributed by atoms with E-state index in [9.17, 15) is 22.3 Å². The summed E-state index contributed by atoms with van der Waals surface area (Å²) < 4.78 is 52.9. The molecule has 1 saturated carbocycles. The molecule has 2 N–H and O–H groups in total. The molecule has 0 radical (unpaired) electrons. The molecule has 2 unspecified atom stereocenters. The highest BCUT2D eigenvalue weighted by atomic mass is 32.2. The number of benzene rings is 1. The van der Waals surface area contributed by atoms with Gasteiger partial charge in [0.25, 0.3) is 0 Å². The molecule has 4 nitrogen and oxygen atoms in total. The van der Waals surface area contributed by atoms with Gasteiger partial charge in [0.1, 0.15) is 17.2 Å². The zero-order chi connectivity index (χ0) is 15.7. The van der Waals surface area contributed by atoms with E-state index in [1.54, 1.807) is 6.92 Å². The van der Waals surface area contributed by atoms with E-state index in [2.05, 4.69) is 4.72 Å². The normalized spacial score (nSPS) is 26.2. The third kappa shape index (κ3) is 3.59. The number of rotatable bonds is 5. The Labute approximate surface area is 123 Å². The van der Waals surface area contributed by atoms with Crippen LogP contribution in [0.1, 0.15) is 38.2 Å². The van der Waals surface area contributed by atoms with Crippen molar-refractivity contribution in [2.24, 2.45) is 0 Å². The Balaban J connectivity index is 2.31. The van der Waals surface area contributed by atoms with Gasteiger partial charge in [-0.15, -0.1) is 0 Å². The van der Waals surface area contributed by atoms with Gasteiger partial charge in [0.15, 0.2) is 0 Å². The van der Waals surface area contributed by atoms with Gasteiger partial charge in [0.2, 0.25) is 10.0 Å². The molecule has 0 saturated heterocycles. The van der Waals surface area contributed by atoms with Crippen LogP contribution in [-0.4, -0.2) is 25.3 Å². The van der Waals surface area contributed by atoms with Gasteiger partial charge in [-0.1, -0.05) is 6.92 Å². The van der Waals surface area contributed by atoms with Gasteiger partial charge in [0, 0.05) is 6.07 Å². The van der Waals surface area contributed by atoms with Crippen LogP contribution in [0.2, 0.25) is 0 Å². The lowest BCUT2D eigenvalue weighted by Crippen LogP contribution is -2.47. The fourth-order valence-electron chi connectivity index (χ4n) is 2.84. The van der Waals surface area contributed by atoms with Crippen LogP contribution in [0, 0.1) is 11.6 Å².